The van der Waals surface area contributed by atoms with Crippen molar-refractivity contribution in [2.45, 2.75) is 24.3 Å². The van der Waals surface area contributed by atoms with Gasteiger partial charge in [-0.25, -0.2) is 4.68 Å². The molecule has 2 aromatic carbocycles. The smallest absolute Gasteiger partial charge is 0.283 e. The van der Waals surface area contributed by atoms with Crippen LogP contribution >= 0.6 is 0 Å². The van der Waals surface area contributed by atoms with Crippen molar-refractivity contribution in [2.75, 3.05) is 18.9 Å². The van der Waals surface area contributed by atoms with Crippen molar-refractivity contribution in [1.29, 1.82) is 0 Å². The van der Waals surface area contributed by atoms with Crippen LogP contribution in [0.5, 0.6) is 0 Å². The summed E-state index contributed by atoms with van der Waals surface area (Å²) in [7, 11) is -1.94. The van der Waals surface area contributed by atoms with Crippen LogP contribution in [0.15, 0.2) is 57.8 Å². The van der Waals surface area contributed by atoms with Crippen LogP contribution in [0.4, 0.5) is 5.69 Å². The largest absolute Gasteiger partial charge is 0.362 e. The lowest BCUT2D eigenvalue weighted by Crippen LogP contribution is -2.20. The predicted molar refractivity (Wildman–Crippen MR) is 109 cm³/mol. The molecule has 0 radical (unpaired) electrons. The minimum absolute atomic E-state index is 0.000547. The first kappa shape index (κ1) is 19.1. The van der Waals surface area contributed by atoms with Gasteiger partial charge >= 0.3 is 0 Å². The van der Waals surface area contributed by atoms with Gasteiger partial charge in [-0.1, -0.05) is 17.3 Å². The van der Waals surface area contributed by atoms with E-state index >= 15 is 0 Å². The van der Waals surface area contributed by atoms with Crippen molar-refractivity contribution in [3.63, 3.8) is 0 Å². The van der Waals surface area contributed by atoms with Crippen LogP contribution in [-0.2, 0) is 21.4 Å². The minimum atomic E-state index is -3.78. The van der Waals surface area contributed by atoms with Crippen LogP contribution in [0.2, 0.25) is 0 Å². The Labute approximate surface area is 168 Å². The van der Waals surface area contributed by atoms with Crippen molar-refractivity contribution >= 4 is 38.5 Å². The highest BCUT2D eigenvalue weighted by Crippen LogP contribution is 2.19. The number of sulfonamides is 1. The second-order valence-corrected chi connectivity index (χ2v) is 8.42. The maximum Gasteiger partial charge on any atom is 0.283 e. The van der Waals surface area contributed by atoms with Gasteiger partial charge in [0.2, 0.25) is 5.91 Å². The van der Waals surface area contributed by atoms with E-state index in [1.54, 1.807) is 12.1 Å². The summed E-state index contributed by atoms with van der Waals surface area (Å²) in [5, 5.41) is 10.7. The van der Waals surface area contributed by atoms with E-state index < -0.39 is 10.0 Å². The quantitative estimate of drug-likeness (QED) is 0.685. The first-order chi connectivity index (χ1) is 13.9. The minimum Gasteiger partial charge on any atom is -0.362 e. The van der Waals surface area contributed by atoms with Crippen LogP contribution in [0.3, 0.4) is 0 Å². The summed E-state index contributed by atoms with van der Waals surface area (Å²) in [6, 6.07) is 13.3. The first-order valence-corrected chi connectivity index (χ1v) is 10.6. The fraction of sp³-hybridized carbons (Fsp3) is 0.263. The zero-order valence-electron chi connectivity index (χ0n) is 15.8. The highest BCUT2D eigenvalue weighted by atomic mass is 32.2. The maximum absolute atomic E-state index is 12.5. The number of amidine groups is 1. The fourth-order valence-corrected chi connectivity index (χ4v) is 4.28. The Hall–Kier alpha value is -3.27. The first-order valence-electron chi connectivity index (χ1n) is 9.15. The van der Waals surface area contributed by atoms with Crippen molar-refractivity contribution in [3.05, 3.63) is 48.5 Å². The van der Waals surface area contributed by atoms with E-state index in [0.717, 1.165) is 18.5 Å². The highest BCUT2D eigenvalue weighted by Gasteiger charge is 2.20. The number of nitrogens with one attached hydrogen (secondary N) is 1. The third kappa shape index (κ3) is 4.11. The van der Waals surface area contributed by atoms with Gasteiger partial charge in [0.25, 0.3) is 10.0 Å². The van der Waals surface area contributed by atoms with E-state index in [9.17, 15) is 13.2 Å². The average molecular weight is 412 g/mol. The zero-order valence-corrected chi connectivity index (χ0v) is 16.6. The number of carbonyl (C=O) groups excluding carboxylic acids is 1. The third-order valence-electron chi connectivity index (χ3n) is 4.71. The number of benzene rings is 2. The molecule has 0 bridgehead atoms. The Balaban J connectivity index is 1.44. The average Bonchev–Trinajstić information content (AvgIpc) is 3.28. The molecule has 0 saturated carbocycles. The molecule has 29 heavy (non-hydrogen) atoms. The van der Waals surface area contributed by atoms with E-state index in [1.807, 2.05) is 36.2 Å². The summed E-state index contributed by atoms with van der Waals surface area (Å²) >= 11 is 0. The maximum atomic E-state index is 12.5. The molecule has 1 saturated heterocycles. The van der Waals surface area contributed by atoms with E-state index in [0.29, 0.717) is 23.5 Å². The lowest BCUT2D eigenvalue weighted by Gasteiger charge is -2.11. The lowest BCUT2D eigenvalue weighted by atomic mass is 10.3. The molecular formula is C19H20N6O3S. The molecule has 2 heterocycles. The molecule has 4 rings (SSSR count). The molecule has 0 atom stereocenters. The molecule has 3 aromatic rings. The van der Waals surface area contributed by atoms with Gasteiger partial charge in [0.05, 0.1) is 10.4 Å². The summed E-state index contributed by atoms with van der Waals surface area (Å²) in [6.07, 6.45) is 1.55. The van der Waals surface area contributed by atoms with Crippen LogP contribution in [0.1, 0.15) is 12.8 Å². The third-order valence-corrected chi connectivity index (χ3v) is 6.03. The van der Waals surface area contributed by atoms with E-state index in [4.69, 9.17) is 0 Å². The Bertz CT molecular complexity index is 1180. The van der Waals surface area contributed by atoms with Gasteiger partial charge < -0.3 is 10.2 Å². The number of amides is 1. The van der Waals surface area contributed by atoms with E-state index in [2.05, 4.69) is 20.0 Å². The predicted octanol–water partition coefficient (Wildman–Crippen LogP) is 1.88. The Morgan fingerprint density at radius 1 is 1.17 bits per heavy atom. The van der Waals surface area contributed by atoms with Crippen molar-refractivity contribution < 1.29 is 13.2 Å². The summed E-state index contributed by atoms with van der Waals surface area (Å²) in [5.41, 5.74) is 1.97. The van der Waals surface area contributed by atoms with Gasteiger partial charge in [0.1, 0.15) is 17.9 Å². The Kier molecular flexibility index (Phi) is 5.01. The summed E-state index contributed by atoms with van der Waals surface area (Å²) in [5.74, 6) is 0.284. The standard InChI is InChI=1S/C19H20N6O3S/c1-24-12-4-7-18(24)22-29(27,28)15-10-8-14(9-11-15)20-19(26)13-25-17-6-3-2-5-16(17)21-23-25/h2-3,5-6,8-11H,4,7,12-13H2,1H3,(H,20,26). The topological polar surface area (TPSA) is 110 Å². The molecule has 1 aromatic heterocycles. The van der Waals surface area contributed by atoms with Crippen molar-refractivity contribution in [3.8, 4) is 0 Å². The SMILES string of the molecule is CN1CCCC1=NS(=O)(=O)c1ccc(NC(=O)Cn2nnc3ccccc32)cc1. The molecule has 1 amide bonds. The van der Waals surface area contributed by atoms with Crippen molar-refractivity contribution in [2.24, 2.45) is 4.40 Å². The number of hydrogen-bond donors (Lipinski definition) is 1. The molecule has 1 aliphatic rings. The monoisotopic (exact) mass is 412 g/mol. The normalized spacial score (nSPS) is 15.9. The molecule has 1 fully saturated rings. The van der Waals surface area contributed by atoms with Crippen LogP contribution in [0, 0.1) is 0 Å². The number of aromatic nitrogens is 3. The van der Waals surface area contributed by atoms with Gasteiger partial charge in [-0.2, -0.15) is 8.42 Å². The number of likely N-dealkylation sites (tertiary alicyclic amines) is 1. The Morgan fingerprint density at radius 2 is 1.93 bits per heavy atom. The molecule has 0 aliphatic carbocycles. The van der Waals surface area contributed by atoms with E-state index in [-0.39, 0.29) is 17.3 Å². The number of rotatable bonds is 5. The number of fused-ring (bicyclic) bond motifs is 1. The van der Waals surface area contributed by atoms with Gasteiger partial charge in [0, 0.05) is 25.7 Å². The number of para-hydroxylation sites is 1. The molecule has 0 spiro atoms. The Morgan fingerprint density at radius 3 is 2.66 bits per heavy atom. The van der Waals surface area contributed by atoms with Gasteiger partial charge in [-0.05, 0) is 42.8 Å². The summed E-state index contributed by atoms with van der Waals surface area (Å²) in [6.45, 7) is 0.806. The molecule has 1 N–H and O–H groups in total. The van der Waals surface area contributed by atoms with Crippen LogP contribution < -0.4 is 5.32 Å². The zero-order chi connectivity index (χ0) is 20.4. The van der Waals surface area contributed by atoms with Gasteiger partial charge in [-0.3, -0.25) is 4.79 Å². The number of carbonyl (C=O) groups is 1. The lowest BCUT2D eigenvalue weighted by molar-refractivity contribution is -0.116. The molecule has 1 aliphatic heterocycles. The fourth-order valence-electron chi connectivity index (χ4n) is 3.18. The van der Waals surface area contributed by atoms with Gasteiger partial charge in [-0.15, -0.1) is 9.50 Å². The number of anilines is 1. The summed E-state index contributed by atoms with van der Waals surface area (Å²) < 4.78 is 30.4. The molecule has 0 unspecified atom stereocenters. The number of hydrogen-bond acceptors (Lipinski definition) is 5. The molecule has 10 heteroatoms. The van der Waals surface area contributed by atoms with E-state index in [1.165, 1.54) is 16.8 Å². The molecular weight excluding hydrogens is 392 g/mol. The molecule has 9 nitrogen and oxygen atoms in total. The molecule has 150 valence electrons. The summed E-state index contributed by atoms with van der Waals surface area (Å²) in [4.78, 5) is 14.3. The van der Waals surface area contributed by atoms with Crippen molar-refractivity contribution in [1.82, 2.24) is 19.9 Å². The van der Waals surface area contributed by atoms with Gasteiger partial charge in [0.15, 0.2) is 0 Å². The second kappa shape index (κ2) is 7.63. The second-order valence-electron chi connectivity index (χ2n) is 6.82. The van der Waals surface area contributed by atoms with Crippen LogP contribution in [-0.4, -0.2) is 53.6 Å². The van der Waals surface area contributed by atoms with Crippen LogP contribution in [0.25, 0.3) is 11.0 Å². The number of nitrogens with zero attached hydrogens (tertiary/aromatic N) is 5. The highest BCUT2D eigenvalue weighted by molar-refractivity contribution is 7.90.